The lowest BCUT2D eigenvalue weighted by atomic mass is 10.2. The number of halogens is 3. The number of sulfonamides is 2. The normalized spacial score (nSPS) is 15.5. The van der Waals surface area contributed by atoms with Gasteiger partial charge in [-0.3, -0.25) is 0 Å². The number of piperazine rings is 2. The molecule has 2 fully saturated rings. The molecule has 0 spiro atoms. The standard InChI is InChI=1S/C21H22BrN3O3S2.C20H19BrClN3O2S2/c1-28-18-6-4-17(5-7-18)20-15-29-21(23-20)24-10-12-25(13-11-24)30(26,27)19-8-2-16(14-22)3-9-19;21-13-15-1-7-18(8-2-15)29(26,27)25-11-9-24(10-12-25)20-23-19(14-28-20)16-3-5-17(22)6-4-16/h2-9,15H,10-14H2,1H3;1-8,14H,9-13H2. The fourth-order valence-electron chi connectivity index (χ4n) is 6.51. The summed E-state index contributed by atoms with van der Waals surface area (Å²) in [6.07, 6.45) is 0. The molecule has 2 aliphatic heterocycles. The SMILES string of the molecule is COc1ccc(-c2csc(N3CCN(S(=O)(=O)c4ccc(CBr)cc4)CC3)n2)cc1.O=S(=O)(c1ccc(CBr)cc1)N1CCN(c2nc(-c3ccc(Cl)cc3)cs2)CC1. The highest BCUT2D eigenvalue weighted by atomic mass is 79.9. The first-order valence-corrected chi connectivity index (χ1v) is 25.9. The molecule has 0 unspecified atom stereocenters. The molecular weight excluding hydrogens is 980 g/mol. The molecule has 4 heterocycles. The highest BCUT2D eigenvalue weighted by molar-refractivity contribution is 9.08. The second-order valence-electron chi connectivity index (χ2n) is 13.6. The zero-order valence-electron chi connectivity index (χ0n) is 32.0. The van der Waals surface area contributed by atoms with Gasteiger partial charge in [-0.1, -0.05) is 79.9 Å². The average Bonchev–Trinajstić information content (AvgIpc) is 3.99. The summed E-state index contributed by atoms with van der Waals surface area (Å²) in [5.41, 5.74) is 5.98. The third kappa shape index (κ3) is 10.4. The number of thiazole rings is 2. The van der Waals surface area contributed by atoms with E-state index in [4.69, 9.17) is 26.3 Å². The summed E-state index contributed by atoms with van der Waals surface area (Å²) in [4.78, 5) is 14.5. The van der Waals surface area contributed by atoms with Gasteiger partial charge in [0, 0.05) is 89.9 Å². The van der Waals surface area contributed by atoms with Gasteiger partial charge in [0.15, 0.2) is 10.3 Å². The zero-order chi connectivity index (χ0) is 41.6. The van der Waals surface area contributed by atoms with Crippen molar-refractivity contribution in [3.8, 4) is 28.3 Å². The number of nitrogens with zero attached hydrogens (tertiary/aromatic N) is 6. The Balaban J connectivity index is 0.000000179. The van der Waals surface area contributed by atoms with Crippen LogP contribution in [0.1, 0.15) is 11.1 Å². The fourth-order valence-corrected chi connectivity index (χ4v) is 12.0. The van der Waals surface area contributed by atoms with Crippen molar-refractivity contribution in [1.82, 2.24) is 18.6 Å². The van der Waals surface area contributed by atoms with Crippen molar-refractivity contribution in [3.63, 3.8) is 0 Å². The first-order valence-electron chi connectivity index (χ1n) is 18.6. The number of hydrogen-bond donors (Lipinski definition) is 0. The van der Waals surface area contributed by atoms with Crippen LogP contribution in [0, 0.1) is 0 Å². The Morgan fingerprint density at radius 2 is 0.949 bits per heavy atom. The van der Waals surface area contributed by atoms with Crippen LogP contribution in [0.25, 0.3) is 22.5 Å². The third-order valence-electron chi connectivity index (χ3n) is 9.96. The van der Waals surface area contributed by atoms with E-state index in [1.165, 1.54) is 0 Å². The molecule has 0 amide bonds. The second-order valence-corrected chi connectivity index (χ2v) is 20.7. The van der Waals surface area contributed by atoms with Crippen LogP contribution in [0.3, 0.4) is 0 Å². The maximum absolute atomic E-state index is 12.9. The maximum atomic E-state index is 12.9. The highest BCUT2D eigenvalue weighted by Crippen LogP contribution is 2.32. The first kappa shape index (κ1) is 43.7. The van der Waals surface area contributed by atoms with E-state index >= 15 is 0 Å². The van der Waals surface area contributed by atoms with Crippen LogP contribution in [0.2, 0.25) is 5.02 Å². The molecular formula is C41H41Br2ClN6O5S4. The van der Waals surface area contributed by atoms with Gasteiger partial charge in [-0.25, -0.2) is 26.8 Å². The average molecular weight is 1020 g/mol. The van der Waals surface area contributed by atoms with E-state index < -0.39 is 20.0 Å². The lowest BCUT2D eigenvalue weighted by molar-refractivity contribution is 0.384. The molecule has 8 rings (SSSR count). The molecule has 2 saturated heterocycles. The number of anilines is 2. The quantitative estimate of drug-likeness (QED) is 0.117. The molecule has 0 bridgehead atoms. The summed E-state index contributed by atoms with van der Waals surface area (Å²) in [5, 5.41) is 7.99. The van der Waals surface area contributed by atoms with Crippen molar-refractivity contribution in [2.45, 2.75) is 20.5 Å². The van der Waals surface area contributed by atoms with Gasteiger partial charge in [0.1, 0.15) is 5.75 Å². The van der Waals surface area contributed by atoms with Gasteiger partial charge < -0.3 is 14.5 Å². The minimum Gasteiger partial charge on any atom is -0.497 e. The van der Waals surface area contributed by atoms with Crippen LogP contribution in [0.15, 0.2) is 118 Å². The van der Waals surface area contributed by atoms with Crippen molar-refractivity contribution >= 4 is 96.4 Å². The number of benzene rings is 4. The van der Waals surface area contributed by atoms with E-state index in [9.17, 15) is 16.8 Å². The summed E-state index contributed by atoms with van der Waals surface area (Å²) in [6, 6.07) is 29.5. The monoisotopic (exact) mass is 1020 g/mol. The predicted molar refractivity (Wildman–Crippen MR) is 247 cm³/mol. The van der Waals surface area contributed by atoms with Crippen LogP contribution >= 0.6 is 66.1 Å². The maximum Gasteiger partial charge on any atom is 0.243 e. The Morgan fingerprint density at radius 3 is 1.31 bits per heavy atom. The molecule has 4 aromatic carbocycles. The third-order valence-corrected chi connectivity index (χ3v) is 17.1. The number of alkyl halides is 2. The van der Waals surface area contributed by atoms with Crippen molar-refractivity contribution in [1.29, 1.82) is 0 Å². The van der Waals surface area contributed by atoms with Gasteiger partial charge in [0.05, 0.1) is 28.3 Å². The van der Waals surface area contributed by atoms with Crippen molar-refractivity contribution in [2.75, 3.05) is 69.3 Å². The summed E-state index contributed by atoms with van der Waals surface area (Å²) in [7, 11) is -5.30. The minimum atomic E-state index is -3.47. The minimum absolute atomic E-state index is 0.343. The zero-order valence-corrected chi connectivity index (χ0v) is 39.1. The van der Waals surface area contributed by atoms with Crippen molar-refractivity contribution in [3.05, 3.63) is 124 Å². The second kappa shape index (κ2) is 19.5. The molecule has 11 nitrogen and oxygen atoms in total. The Morgan fingerprint density at radius 1 is 0.576 bits per heavy atom. The predicted octanol–water partition coefficient (Wildman–Crippen LogP) is 9.09. The molecule has 0 aliphatic carbocycles. The van der Waals surface area contributed by atoms with E-state index in [0.717, 1.165) is 49.7 Å². The summed E-state index contributed by atoms with van der Waals surface area (Å²) in [5.74, 6) is 0.813. The Labute approximate surface area is 375 Å². The van der Waals surface area contributed by atoms with Gasteiger partial charge in [-0.2, -0.15) is 8.61 Å². The van der Waals surface area contributed by atoms with Gasteiger partial charge in [-0.15, -0.1) is 22.7 Å². The van der Waals surface area contributed by atoms with Crippen LogP contribution in [-0.4, -0.2) is 94.9 Å². The smallest absolute Gasteiger partial charge is 0.243 e. The molecule has 18 heteroatoms. The number of methoxy groups -OCH3 is 1. The number of aromatic nitrogens is 2. The molecule has 0 radical (unpaired) electrons. The topological polar surface area (TPSA) is 116 Å². The number of hydrogen-bond acceptors (Lipinski definition) is 11. The molecule has 59 heavy (non-hydrogen) atoms. The Hall–Kier alpha value is -3.39. The summed E-state index contributed by atoms with van der Waals surface area (Å²) >= 11 is 15.9. The van der Waals surface area contributed by atoms with Gasteiger partial charge in [-0.05, 0) is 71.8 Å². The molecule has 310 valence electrons. The van der Waals surface area contributed by atoms with E-state index in [0.29, 0.717) is 77.8 Å². The lowest BCUT2D eigenvalue weighted by Crippen LogP contribution is -2.48. The lowest BCUT2D eigenvalue weighted by Gasteiger charge is -2.33. The Bertz CT molecular complexity index is 2530. The fraction of sp³-hybridized carbons (Fsp3) is 0.268. The first-order chi connectivity index (χ1) is 28.5. The summed E-state index contributed by atoms with van der Waals surface area (Å²) < 4.78 is 60.0. The van der Waals surface area contributed by atoms with Crippen molar-refractivity contribution < 1.29 is 21.6 Å². The highest BCUT2D eigenvalue weighted by Gasteiger charge is 2.31. The van der Waals surface area contributed by atoms with Crippen LogP contribution < -0.4 is 14.5 Å². The molecule has 0 N–H and O–H groups in total. The molecule has 0 atom stereocenters. The Kier molecular flexibility index (Phi) is 14.5. The number of rotatable bonds is 11. The molecule has 2 aliphatic rings. The van der Waals surface area contributed by atoms with Gasteiger partial charge in [0.2, 0.25) is 20.0 Å². The van der Waals surface area contributed by atoms with E-state index in [-0.39, 0.29) is 0 Å². The van der Waals surface area contributed by atoms with Crippen LogP contribution in [0.5, 0.6) is 5.75 Å². The van der Waals surface area contributed by atoms with E-state index in [1.807, 2.05) is 83.6 Å². The van der Waals surface area contributed by atoms with Gasteiger partial charge >= 0.3 is 0 Å². The molecule has 0 saturated carbocycles. The number of ether oxygens (including phenoxy) is 1. The summed E-state index contributed by atoms with van der Waals surface area (Å²) in [6.45, 7) is 4.25. The van der Waals surface area contributed by atoms with E-state index in [2.05, 4.69) is 41.7 Å². The largest absolute Gasteiger partial charge is 0.497 e. The van der Waals surface area contributed by atoms with Gasteiger partial charge in [0.25, 0.3) is 0 Å². The molecule has 2 aromatic heterocycles. The van der Waals surface area contributed by atoms with Crippen LogP contribution in [-0.2, 0) is 30.7 Å². The van der Waals surface area contributed by atoms with Crippen molar-refractivity contribution in [2.24, 2.45) is 0 Å². The molecule has 6 aromatic rings. The van der Waals surface area contributed by atoms with Crippen LogP contribution in [0.4, 0.5) is 10.3 Å². The van der Waals surface area contributed by atoms with E-state index in [1.54, 1.807) is 62.7 Å².